The van der Waals surface area contributed by atoms with E-state index >= 15 is 0 Å². The second-order valence-electron chi connectivity index (χ2n) is 7.56. The van der Waals surface area contributed by atoms with Gasteiger partial charge in [-0.25, -0.2) is 18.9 Å². The first-order valence-corrected chi connectivity index (χ1v) is 9.82. The summed E-state index contributed by atoms with van der Waals surface area (Å²) in [6.07, 6.45) is 4.26. The van der Waals surface area contributed by atoms with Crippen LogP contribution >= 0.6 is 0 Å². The first kappa shape index (κ1) is 19.2. The number of aromatic nitrogens is 4. The highest BCUT2D eigenvalue weighted by Gasteiger charge is 2.32. The molecule has 160 valence electrons. The molecule has 0 saturated heterocycles. The molecule has 2 bridgehead atoms. The fourth-order valence-corrected chi connectivity index (χ4v) is 3.75. The zero-order valence-electron chi connectivity index (χ0n) is 16.8. The third-order valence-corrected chi connectivity index (χ3v) is 5.25. The maximum absolute atomic E-state index is 14.1. The van der Waals surface area contributed by atoms with Crippen molar-refractivity contribution in [2.24, 2.45) is 4.99 Å². The van der Waals surface area contributed by atoms with Gasteiger partial charge in [0.25, 0.3) is 5.91 Å². The van der Waals surface area contributed by atoms with Crippen LogP contribution in [0.2, 0.25) is 0 Å². The second kappa shape index (κ2) is 7.49. The third kappa shape index (κ3) is 3.41. The second-order valence-corrected chi connectivity index (χ2v) is 7.56. The molecule has 3 aromatic heterocycles. The Kier molecular flexibility index (Phi) is 4.64. The minimum absolute atomic E-state index is 0.165. The normalized spacial score (nSPS) is 20.6. The largest absolute Gasteiger partial charge is 0.486 e. The van der Waals surface area contributed by atoms with Crippen LogP contribution in [0.5, 0.6) is 11.6 Å². The highest BCUT2D eigenvalue weighted by atomic mass is 19.1. The topological polar surface area (TPSA) is 106 Å². The fourth-order valence-electron chi connectivity index (χ4n) is 3.75. The van der Waals surface area contributed by atoms with E-state index in [2.05, 4.69) is 27.1 Å². The van der Waals surface area contributed by atoms with Gasteiger partial charge in [0.05, 0.1) is 43.8 Å². The lowest BCUT2D eigenvalue weighted by atomic mass is 10.1. The van der Waals surface area contributed by atoms with E-state index in [1.54, 1.807) is 6.20 Å². The SMILES string of the molecule is C=NC[C@@H]1COc2cn3ncc4c3nc2N1Cc1cc(F)cnc1OC[C@@H](C)NC4=O. The van der Waals surface area contributed by atoms with Gasteiger partial charge in [-0.3, -0.25) is 9.79 Å². The summed E-state index contributed by atoms with van der Waals surface area (Å²) < 4.78 is 27.3. The molecule has 0 aromatic carbocycles. The van der Waals surface area contributed by atoms with Gasteiger partial charge in [0.15, 0.2) is 17.2 Å². The number of nitrogens with one attached hydrogen (secondary N) is 1. The zero-order chi connectivity index (χ0) is 21.5. The number of carbonyl (C=O) groups excluding carboxylic acids is 1. The molecule has 31 heavy (non-hydrogen) atoms. The Bertz CT molecular complexity index is 1180. The number of fused-ring (bicyclic) bond motifs is 1. The molecular weight excluding hydrogens is 405 g/mol. The molecule has 2 aliphatic rings. The van der Waals surface area contributed by atoms with Crippen LogP contribution in [0.4, 0.5) is 10.2 Å². The molecule has 3 aromatic rings. The number of aliphatic imine (C=N–C) groups is 1. The van der Waals surface area contributed by atoms with Crippen LogP contribution in [0.3, 0.4) is 0 Å². The maximum atomic E-state index is 14.1. The average Bonchev–Trinajstić information content (AvgIpc) is 3.16. The predicted octanol–water partition coefficient (Wildman–Crippen LogP) is 1.24. The number of anilines is 1. The fraction of sp³-hybridized carbons (Fsp3) is 0.350. The van der Waals surface area contributed by atoms with E-state index in [9.17, 15) is 9.18 Å². The highest BCUT2D eigenvalue weighted by molar-refractivity contribution is 6.00. The molecule has 0 fully saturated rings. The van der Waals surface area contributed by atoms with Gasteiger partial charge in [0, 0.05) is 5.56 Å². The monoisotopic (exact) mass is 425 g/mol. The van der Waals surface area contributed by atoms with E-state index in [0.29, 0.717) is 47.4 Å². The lowest BCUT2D eigenvalue weighted by Crippen LogP contribution is -2.45. The van der Waals surface area contributed by atoms with Crippen LogP contribution in [0.25, 0.3) is 5.65 Å². The molecule has 5 heterocycles. The predicted molar refractivity (Wildman–Crippen MR) is 109 cm³/mol. The molecule has 11 heteroatoms. The van der Waals surface area contributed by atoms with E-state index in [1.165, 1.54) is 16.8 Å². The van der Waals surface area contributed by atoms with Crippen LogP contribution in [0.1, 0.15) is 22.8 Å². The van der Waals surface area contributed by atoms with Crippen LogP contribution in [0, 0.1) is 5.82 Å². The van der Waals surface area contributed by atoms with E-state index < -0.39 is 5.82 Å². The van der Waals surface area contributed by atoms with E-state index in [-0.39, 0.29) is 31.1 Å². The number of pyridine rings is 1. The average molecular weight is 425 g/mol. The summed E-state index contributed by atoms with van der Waals surface area (Å²) in [5, 5.41) is 7.12. The number of hydrogen-bond donors (Lipinski definition) is 1. The third-order valence-electron chi connectivity index (χ3n) is 5.25. The summed E-state index contributed by atoms with van der Waals surface area (Å²) in [5.74, 6) is 0.505. The number of halogens is 1. The van der Waals surface area contributed by atoms with Crippen molar-refractivity contribution in [2.75, 3.05) is 24.7 Å². The standard InChI is InChI=1S/C20H20FN7O3/c1-11-9-31-20-12(3-13(21)4-23-20)7-27-14(5-22-2)10-30-16-8-28-17(26-18(16)27)15(6-24-28)19(29)25-11/h3-4,6,8,11,14H,2,5,7,9-10H2,1H3,(H,25,29)/t11-,14-/m1/s1. The molecule has 0 saturated carbocycles. The quantitative estimate of drug-likeness (QED) is 0.616. The van der Waals surface area contributed by atoms with Crippen molar-refractivity contribution in [1.82, 2.24) is 24.9 Å². The minimum atomic E-state index is -0.471. The first-order chi connectivity index (χ1) is 15.0. The van der Waals surface area contributed by atoms with Gasteiger partial charge >= 0.3 is 0 Å². The lowest BCUT2D eigenvalue weighted by molar-refractivity contribution is 0.0927. The Hall–Kier alpha value is -3.76. The van der Waals surface area contributed by atoms with Crippen molar-refractivity contribution in [2.45, 2.75) is 25.6 Å². The van der Waals surface area contributed by atoms with Crippen LogP contribution in [-0.2, 0) is 6.54 Å². The smallest absolute Gasteiger partial charge is 0.257 e. The van der Waals surface area contributed by atoms with Crippen molar-refractivity contribution >= 4 is 24.1 Å². The molecular formula is C20H20FN7O3. The molecule has 10 nitrogen and oxygen atoms in total. The summed E-state index contributed by atoms with van der Waals surface area (Å²) in [4.78, 5) is 27.6. The number of nitrogens with zero attached hydrogens (tertiary/aromatic N) is 6. The van der Waals surface area contributed by atoms with Gasteiger partial charge in [-0.05, 0) is 19.7 Å². The zero-order valence-corrected chi connectivity index (χ0v) is 16.8. The number of ether oxygens (including phenoxy) is 2. The van der Waals surface area contributed by atoms with Gasteiger partial charge in [-0.1, -0.05) is 0 Å². The summed E-state index contributed by atoms with van der Waals surface area (Å²) >= 11 is 0. The molecule has 0 radical (unpaired) electrons. The summed E-state index contributed by atoms with van der Waals surface area (Å²) in [7, 11) is 0. The van der Waals surface area contributed by atoms with Crippen molar-refractivity contribution in [3.63, 3.8) is 0 Å². The Morgan fingerprint density at radius 1 is 1.35 bits per heavy atom. The maximum Gasteiger partial charge on any atom is 0.257 e. The van der Waals surface area contributed by atoms with Gasteiger partial charge in [-0.15, -0.1) is 0 Å². The molecule has 2 atom stereocenters. The van der Waals surface area contributed by atoms with Crippen molar-refractivity contribution < 1.29 is 18.7 Å². The van der Waals surface area contributed by atoms with E-state index in [0.717, 1.165) is 6.20 Å². The minimum Gasteiger partial charge on any atom is -0.486 e. The van der Waals surface area contributed by atoms with Gasteiger partial charge in [-0.2, -0.15) is 5.10 Å². The lowest BCUT2D eigenvalue weighted by Gasteiger charge is -2.37. The number of rotatable bonds is 2. The van der Waals surface area contributed by atoms with Crippen LogP contribution in [0.15, 0.2) is 29.6 Å². The number of hydrogen-bond acceptors (Lipinski definition) is 8. The van der Waals surface area contributed by atoms with E-state index in [1.807, 2.05) is 11.8 Å². The van der Waals surface area contributed by atoms with Gasteiger partial charge < -0.3 is 19.7 Å². The highest BCUT2D eigenvalue weighted by Crippen LogP contribution is 2.35. The van der Waals surface area contributed by atoms with Crippen LogP contribution in [-0.4, -0.2) is 64.0 Å². The van der Waals surface area contributed by atoms with Crippen LogP contribution < -0.4 is 19.7 Å². The summed E-state index contributed by atoms with van der Waals surface area (Å²) in [5.41, 5.74) is 1.27. The Morgan fingerprint density at radius 2 is 2.23 bits per heavy atom. The molecule has 2 aliphatic heterocycles. The Morgan fingerprint density at radius 3 is 3.06 bits per heavy atom. The molecule has 1 amide bonds. The summed E-state index contributed by atoms with van der Waals surface area (Å²) in [6, 6.07) is 0.872. The molecule has 0 unspecified atom stereocenters. The summed E-state index contributed by atoms with van der Waals surface area (Å²) in [6.45, 7) is 6.55. The number of amides is 1. The van der Waals surface area contributed by atoms with Gasteiger partial charge in [0.2, 0.25) is 5.88 Å². The molecule has 0 aliphatic carbocycles. The number of carbonyl (C=O) groups is 1. The first-order valence-electron chi connectivity index (χ1n) is 9.82. The Labute approximate surface area is 176 Å². The van der Waals surface area contributed by atoms with Crippen molar-refractivity contribution in [1.29, 1.82) is 0 Å². The van der Waals surface area contributed by atoms with Crippen molar-refractivity contribution in [3.8, 4) is 11.6 Å². The molecule has 5 rings (SSSR count). The van der Waals surface area contributed by atoms with E-state index in [4.69, 9.17) is 14.5 Å². The van der Waals surface area contributed by atoms with Gasteiger partial charge in [0.1, 0.15) is 24.6 Å². The molecule has 1 N–H and O–H groups in total. The molecule has 0 spiro atoms. The Balaban J connectivity index is 1.70. The van der Waals surface area contributed by atoms with Crippen molar-refractivity contribution in [3.05, 3.63) is 41.6 Å².